The molecule has 2 saturated carbocycles. The number of fused-ring (bicyclic) bond motifs is 5. The van der Waals surface area contributed by atoms with Gasteiger partial charge in [0.25, 0.3) is 0 Å². The van der Waals surface area contributed by atoms with Gasteiger partial charge in [0.2, 0.25) is 5.91 Å². The molecule has 2 aromatic rings. The molecule has 1 heterocycles. The monoisotopic (exact) mass is 437 g/mol. The molecule has 0 bridgehead atoms. The molecule has 2 fully saturated rings. The molecule has 162 valence electrons. The predicted octanol–water partition coefficient (Wildman–Crippen LogP) is 5.20. The second kappa shape index (κ2) is 8.01. The number of nitrogens with zero attached hydrogens (tertiary/aromatic N) is 2. The van der Waals surface area contributed by atoms with Crippen molar-refractivity contribution in [2.75, 3.05) is 5.32 Å². The quantitative estimate of drug-likeness (QED) is 0.713. The van der Waals surface area contributed by atoms with Crippen molar-refractivity contribution in [1.29, 1.82) is 0 Å². The SMILES string of the molecule is C[C@]12CCC3c4ccc(Cl)cc4CCC3C1[C@H](CCC(=O)Nc1cnccn1)CC2=O. The van der Waals surface area contributed by atoms with Gasteiger partial charge in [-0.3, -0.25) is 14.6 Å². The fourth-order valence-corrected chi connectivity index (χ4v) is 6.96. The largest absolute Gasteiger partial charge is 0.309 e. The molecule has 1 N–H and O–H groups in total. The summed E-state index contributed by atoms with van der Waals surface area (Å²) in [5.74, 6) is 2.45. The third-order valence-corrected chi connectivity index (χ3v) is 8.34. The minimum Gasteiger partial charge on any atom is -0.309 e. The van der Waals surface area contributed by atoms with Crippen LogP contribution in [0.1, 0.15) is 62.5 Å². The maximum Gasteiger partial charge on any atom is 0.225 e. The number of hydrogen-bond acceptors (Lipinski definition) is 4. The fraction of sp³-hybridized carbons (Fsp3) is 0.520. The molecule has 3 aliphatic carbocycles. The Morgan fingerprint density at radius 2 is 2.16 bits per heavy atom. The topological polar surface area (TPSA) is 72.0 Å². The van der Waals surface area contributed by atoms with Crippen LogP contribution in [0.5, 0.6) is 0 Å². The first-order valence-corrected chi connectivity index (χ1v) is 11.7. The molecule has 1 amide bonds. The first kappa shape index (κ1) is 20.6. The number of aromatic nitrogens is 2. The van der Waals surface area contributed by atoms with Gasteiger partial charge in [0.1, 0.15) is 5.78 Å². The normalized spacial score (nSPS) is 31.5. The van der Waals surface area contributed by atoms with Crippen LogP contribution < -0.4 is 5.32 Å². The van der Waals surface area contributed by atoms with Gasteiger partial charge in [-0.15, -0.1) is 0 Å². The zero-order chi connectivity index (χ0) is 21.6. The van der Waals surface area contributed by atoms with Gasteiger partial charge in [0.15, 0.2) is 5.82 Å². The highest BCUT2D eigenvalue weighted by molar-refractivity contribution is 6.30. The summed E-state index contributed by atoms with van der Waals surface area (Å²) in [5.41, 5.74) is 2.57. The van der Waals surface area contributed by atoms with Gasteiger partial charge in [0.05, 0.1) is 6.20 Å². The van der Waals surface area contributed by atoms with Crippen LogP contribution in [0.25, 0.3) is 0 Å². The summed E-state index contributed by atoms with van der Waals surface area (Å²) >= 11 is 6.24. The van der Waals surface area contributed by atoms with Crippen LogP contribution in [0.15, 0.2) is 36.8 Å². The number of halogens is 1. The van der Waals surface area contributed by atoms with Gasteiger partial charge >= 0.3 is 0 Å². The Balaban J connectivity index is 1.33. The van der Waals surface area contributed by atoms with Gasteiger partial charge in [-0.1, -0.05) is 24.6 Å². The minimum atomic E-state index is -0.239. The Hall–Kier alpha value is -2.27. The molecular weight excluding hydrogens is 410 g/mol. The highest BCUT2D eigenvalue weighted by atomic mass is 35.5. The molecule has 0 spiro atoms. The van der Waals surface area contributed by atoms with Crippen LogP contribution >= 0.6 is 11.6 Å². The van der Waals surface area contributed by atoms with Gasteiger partial charge in [-0.25, -0.2) is 4.98 Å². The van der Waals surface area contributed by atoms with Gasteiger partial charge in [-0.05, 0) is 79.0 Å². The average molecular weight is 438 g/mol. The number of benzene rings is 1. The lowest BCUT2D eigenvalue weighted by Crippen LogP contribution is -2.44. The number of amides is 1. The van der Waals surface area contributed by atoms with E-state index < -0.39 is 0 Å². The molecule has 5 nitrogen and oxygen atoms in total. The van der Waals surface area contributed by atoms with Crippen molar-refractivity contribution >= 4 is 29.1 Å². The van der Waals surface area contributed by atoms with Crippen LogP contribution in [0.2, 0.25) is 5.02 Å². The maximum atomic E-state index is 13.1. The van der Waals surface area contributed by atoms with E-state index in [4.69, 9.17) is 11.6 Å². The van der Waals surface area contributed by atoms with Crippen molar-refractivity contribution in [3.05, 3.63) is 52.9 Å². The number of carbonyl (C=O) groups excluding carboxylic acids is 2. The number of carbonyl (C=O) groups is 2. The number of ketones is 1. The van der Waals surface area contributed by atoms with Crippen molar-refractivity contribution < 1.29 is 9.59 Å². The molecule has 31 heavy (non-hydrogen) atoms. The van der Waals surface area contributed by atoms with E-state index in [2.05, 4.69) is 34.3 Å². The second-order valence-electron chi connectivity index (χ2n) is 9.70. The number of rotatable bonds is 4. The number of hydrogen-bond donors (Lipinski definition) is 1. The van der Waals surface area contributed by atoms with Gasteiger partial charge < -0.3 is 5.32 Å². The molecule has 3 unspecified atom stereocenters. The summed E-state index contributed by atoms with van der Waals surface area (Å²) in [5, 5.41) is 3.63. The molecule has 1 aromatic heterocycles. The average Bonchev–Trinajstić information content (AvgIpc) is 3.02. The van der Waals surface area contributed by atoms with E-state index in [0.29, 0.717) is 42.2 Å². The lowest BCUT2D eigenvalue weighted by atomic mass is 9.54. The van der Waals surface area contributed by atoms with Gasteiger partial charge in [-0.2, -0.15) is 0 Å². The highest BCUT2D eigenvalue weighted by Crippen LogP contribution is 2.62. The molecule has 3 aliphatic rings. The second-order valence-corrected chi connectivity index (χ2v) is 10.1. The van der Waals surface area contributed by atoms with Crippen molar-refractivity contribution in [2.45, 2.75) is 57.8 Å². The molecule has 5 rings (SSSR count). The molecule has 0 saturated heterocycles. The summed E-state index contributed by atoms with van der Waals surface area (Å²) in [4.78, 5) is 33.7. The number of aryl methyl sites for hydroxylation is 1. The van der Waals surface area contributed by atoms with Crippen molar-refractivity contribution in [3.63, 3.8) is 0 Å². The maximum absolute atomic E-state index is 13.1. The van der Waals surface area contributed by atoms with Crippen molar-refractivity contribution in [2.24, 2.45) is 23.2 Å². The zero-order valence-electron chi connectivity index (χ0n) is 17.8. The number of nitrogens with one attached hydrogen (secondary N) is 1. The van der Waals surface area contributed by atoms with Crippen LogP contribution in [-0.4, -0.2) is 21.7 Å². The Morgan fingerprint density at radius 1 is 1.29 bits per heavy atom. The number of Topliss-reactive ketones (excluding diaryl/α,β-unsaturated/α-hetero) is 1. The summed E-state index contributed by atoms with van der Waals surface area (Å²) < 4.78 is 0. The van der Waals surface area contributed by atoms with E-state index >= 15 is 0 Å². The minimum absolute atomic E-state index is 0.0578. The van der Waals surface area contributed by atoms with Crippen molar-refractivity contribution in [3.8, 4) is 0 Å². The molecule has 1 aromatic carbocycles. The zero-order valence-corrected chi connectivity index (χ0v) is 18.6. The van der Waals surface area contributed by atoms with Crippen LogP contribution in [-0.2, 0) is 16.0 Å². The molecule has 5 atom stereocenters. The highest BCUT2D eigenvalue weighted by Gasteiger charge is 2.58. The molecule has 0 radical (unpaired) electrons. The van der Waals surface area contributed by atoms with Crippen molar-refractivity contribution in [1.82, 2.24) is 9.97 Å². The third-order valence-electron chi connectivity index (χ3n) is 8.11. The Morgan fingerprint density at radius 3 is 2.97 bits per heavy atom. The van der Waals surface area contributed by atoms with Crippen LogP contribution in [0.4, 0.5) is 5.82 Å². The molecular formula is C25H28ClN3O2. The lowest BCUT2D eigenvalue weighted by molar-refractivity contribution is -0.129. The van der Waals surface area contributed by atoms with E-state index in [9.17, 15) is 9.59 Å². The summed E-state index contributed by atoms with van der Waals surface area (Å²) in [7, 11) is 0. The lowest BCUT2D eigenvalue weighted by Gasteiger charge is -2.50. The third kappa shape index (κ3) is 3.67. The molecule has 6 heteroatoms. The van der Waals surface area contributed by atoms with Crippen LogP contribution in [0.3, 0.4) is 0 Å². The standard InChI is InChI=1S/C25H28ClN3O2/c1-25-9-8-19-18-6-4-17(26)12-15(18)2-5-20(19)24(25)16(13-21(25)30)3-7-23(31)29-22-14-27-10-11-28-22/h4,6,10-12,14,16,19-20,24H,2-3,5,7-9,13H2,1H3,(H,28,29,31)/t16-,19?,20?,24?,25-/m1/s1. The first-order valence-electron chi connectivity index (χ1n) is 11.3. The van der Waals surface area contributed by atoms with Crippen LogP contribution in [0, 0.1) is 23.2 Å². The molecule has 0 aliphatic heterocycles. The Kier molecular flexibility index (Phi) is 5.33. The Labute approximate surface area is 188 Å². The van der Waals surface area contributed by atoms with E-state index in [1.807, 2.05) is 6.07 Å². The Bertz CT molecular complexity index is 1010. The summed E-state index contributed by atoms with van der Waals surface area (Å²) in [6.45, 7) is 2.19. The van der Waals surface area contributed by atoms with Gasteiger partial charge in [0, 0.05) is 35.7 Å². The van der Waals surface area contributed by atoms with E-state index in [1.165, 1.54) is 11.1 Å². The summed E-state index contributed by atoms with van der Waals surface area (Å²) in [6, 6.07) is 6.33. The van der Waals surface area contributed by atoms with E-state index in [0.717, 1.165) is 37.1 Å². The first-order chi connectivity index (χ1) is 15.0. The number of anilines is 1. The fourth-order valence-electron chi connectivity index (χ4n) is 6.76. The smallest absolute Gasteiger partial charge is 0.225 e. The van der Waals surface area contributed by atoms with E-state index in [-0.39, 0.29) is 17.2 Å². The predicted molar refractivity (Wildman–Crippen MR) is 120 cm³/mol. The van der Waals surface area contributed by atoms with E-state index in [1.54, 1.807) is 18.6 Å². The summed E-state index contributed by atoms with van der Waals surface area (Å²) in [6.07, 6.45) is 10.6.